The Morgan fingerprint density at radius 3 is 3.05 bits per heavy atom. The van der Waals surface area contributed by atoms with Crippen LogP contribution in [-0.2, 0) is 11.2 Å². The molecule has 1 N–H and O–H groups in total. The molecule has 1 heterocycles. The average Bonchev–Trinajstić information content (AvgIpc) is 2.83. The number of likely N-dealkylation sites (N-methyl/N-ethyl adjacent to an activating group) is 1. The molecule has 0 aliphatic heterocycles. The Bertz CT molecular complexity index is 684. The molecule has 1 aromatic carbocycles. The summed E-state index contributed by atoms with van der Waals surface area (Å²) in [5.74, 6) is -0.0160. The zero-order valence-electron chi connectivity index (χ0n) is 12.1. The van der Waals surface area contributed by atoms with Gasteiger partial charge in [0.25, 0.3) is 0 Å². The van der Waals surface area contributed by atoms with Gasteiger partial charge in [0, 0.05) is 23.6 Å². The first-order valence-corrected chi connectivity index (χ1v) is 7.12. The molecule has 0 fully saturated rings. The number of carbonyl (C=O) groups excluding carboxylic acids is 1. The van der Waals surface area contributed by atoms with Crippen LogP contribution in [0.2, 0.25) is 0 Å². The Morgan fingerprint density at radius 2 is 2.30 bits per heavy atom. The summed E-state index contributed by atoms with van der Waals surface area (Å²) in [5.41, 5.74) is 5.03. The molecule has 3 nitrogen and oxygen atoms in total. The maximum Gasteiger partial charge on any atom is 0.246 e. The summed E-state index contributed by atoms with van der Waals surface area (Å²) in [7, 11) is 1.86. The number of aromatic nitrogens is 1. The molecule has 2 aromatic rings. The molecule has 3 rings (SSSR count). The van der Waals surface area contributed by atoms with Gasteiger partial charge in [0.05, 0.1) is 6.04 Å². The summed E-state index contributed by atoms with van der Waals surface area (Å²) in [4.78, 5) is 17.2. The standard InChI is InChI=1S/C17H20N2O/c1-4-16(20)19(3)15-7-5-6-12-13-10-11(2)8-9-14(13)18-17(12)15/h4,8-10,15,18H,1,5-7H2,2-3H3. The molecule has 0 saturated heterocycles. The van der Waals surface area contributed by atoms with E-state index in [2.05, 4.69) is 36.7 Å². The number of aryl methyl sites for hydroxylation is 2. The van der Waals surface area contributed by atoms with Crippen molar-refractivity contribution >= 4 is 16.8 Å². The third-order valence-corrected chi connectivity index (χ3v) is 4.32. The lowest BCUT2D eigenvalue weighted by Crippen LogP contribution is -2.32. The second-order valence-corrected chi connectivity index (χ2v) is 5.63. The molecule has 1 aliphatic rings. The van der Waals surface area contributed by atoms with Gasteiger partial charge in [-0.2, -0.15) is 0 Å². The highest BCUT2D eigenvalue weighted by atomic mass is 16.2. The maximum atomic E-state index is 11.9. The monoisotopic (exact) mass is 268 g/mol. The molecule has 1 unspecified atom stereocenters. The smallest absolute Gasteiger partial charge is 0.246 e. The van der Waals surface area contributed by atoms with Crippen LogP contribution in [0.15, 0.2) is 30.9 Å². The summed E-state index contributed by atoms with van der Waals surface area (Å²) in [6, 6.07) is 6.63. The van der Waals surface area contributed by atoms with Crippen molar-refractivity contribution in [3.05, 3.63) is 47.7 Å². The van der Waals surface area contributed by atoms with Crippen molar-refractivity contribution in [1.82, 2.24) is 9.88 Å². The summed E-state index contributed by atoms with van der Waals surface area (Å²) in [6.07, 6.45) is 4.61. The quantitative estimate of drug-likeness (QED) is 0.831. The fourth-order valence-electron chi connectivity index (χ4n) is 3.24. The highest BCUT2D eigenvalue weighted by Crippen LogP contribution is 2.37. The van der Waals surface area contributed by atoms with Crippen molar-refractivity contribution in [3.63, 3.8) is 0 Å². The van der Waals surface area contributed by atoms with Gasteiger partial charge in [-0.15, -0.1) is 0 Å². The highest BCUT2D eigenvalue weighted by molar-refractivity contribution is 5.88. The normalized spacial score (nSPS) is 17.8. The van der Waals surface area contributed by atoms with E-state index in [-0.39, 0.29) is 11.9 Å². The highest BCUT2D eigenvalue weighted by Gasteiger charge is 2.28. The molecule has 1 atom stereocenters. The van der Waals surface area contributed by atoms with E-state index in [1.54, 1.807) is 4.90 Å². The van der Waals surface area contributed by atoms with Gasteiger partial charge in [-0.1, -0.05) is 18.2 Å². The lowest BCUT2D eigenvalue weighted by molar-refractivity contribution is -0.127. The number of fused-ring (bicyclic) bond motifs is 3. The van der Waals surface area contributed by atoms with Crippen LogP contribution in [-0.4, -0.2) is 22.8 Å². The largest absolute Gasteiger partial charge is 0.356 e. The van der Waals surface area contributed by atoms with Crippen molar-refractivity contribution in [1.29, 1.82) is 0 Å². The van der Waals surface area contributed by atoms with Crippen LogP contribution in [0.25, 0.3) is 10.9 Å². The number of aromatic amines is 1. The molecule has 20 heavy (non-hydrogen) atoms. The van der Waals surface area contributed by atoms with Crippen LogP contribution < -0.4 is 0 Å². The second kappa shape index (κ2) is 4.82. The van der Waals surface area contributed by atoms with Crippen molar-refractivity contribution < 1.29 is 4.79 Å². The van der Waals surface area contributed by atoms with E-state index >= 15 is 0 Å². The summed E-state index contributed by atoms with van der Waals surface area (Å²) in [6.45, 7) is 5.70. The van der Waals surface area contributed by atoms with Crippen LogP contribution in [0, 0.1) is 6.92 Å². The number of hydrogen-bond acceptors (Lipinski definition) is 1. The van der Waals surface area contributed by atoms with Gasteiger partial charge in [0.15, 0.2) is 0 Å². The first kappa shape index (κ1) is 13.0. The van der Waals surface area contributed by atoms with Crippen LogP contribution in [0.3, 0.4) is 0 Å². The lowest BCUT2D eigenvalue weighted by atomic mass is 9.90. The zero-order chi connectivity index (χ0) is 14.3. The van der Waals surface area contributed by atoms with Crippen LogP contribution in [0.1, 0.15) is 35.7 Å². The van der Waals surface area contributed by atoms with Crippen molar-refractivity contribution in [3.8, 4) is 0 Å². The number of carbonyl (C=O) groups is 1. The van der Waals surface area contributed by atoms with Crippen molar-refractivity contribution in [2.75, 3.05) is 7.05 Å². The number of benzene rings is 1. The number of amides is 1. The van der Waals surface area contributed by atoms with E-state index in [1.165, 1.54) is 33.8 Å². The third kappa shape index (κ3) is 1.94. The molecule has 104 valence electrons. The van der Waals surface area contributed by atoms with Crippen LogP contribution in [0.4, 0.5) is 0 Å². The first-order valence-electron chi connectivity index (χ1n) is 7.12. The van der Waals surface area contributed by atoms with Gasteiger partial charge < -0.3 is 9.88 Å². The Kier molecular flexibility index (Phi) is 3.13. The summed E-state index contributed by atoms with van der Waals surface area (Å²) in [5, 5.41) is 1.31. The molecule has 3 heteroatoms. The molecule has 1 aliphatic carbocycles. The molecule has 0 saturated carbocycles. The van der Waals surface area contributed by atoms with Crippen molar-refractivity contribution in [2.24, 2.45) is 0 Å². The number of H-pyrrole nitrogens is 1. The molecule has 0 bridgehead atoms. The van der Waals surface area contributed by atoms with Crippen LogP contribution in [0.5, 0.6) is 0 Å². The Hall–Kier alpha value is -2.03. The topological polar surface area (TPSA) is 36.1 Å². The van der Waals surface area contributed by atoms with E-state index in [4.69, 9.17) is 0 Å². The molecule has 1 aromatic heterocycles. The van der Waals surface area contributed by atoms with Crippen LogP contribution >= 0.6 is 0 Å². The molecular formula is C17H20N2O. The molecular weight excluding hydrogens is 248 g/mol. The minimum atomic E-state index is -0.0160. The predicted molar refractivity (Wildman–Crippen MR) is 81.7 cm³/mol. The number of hydrogen-bond donors (Lipinski definition) is 1. The second-order valence-electron chi connectivity index (χ2n) is 5.63. The van der Waals surface area contributed by atoms with Gasteiger partial charge in [-0.05, 0) is 50.0 Å². The number of rotatable bonds is 2. The average molecular weight is 268 g/mol. The van der Waals surface area contributed by atoms with E-state index in [1.807, 2.05) is 7.05 Å². The number of nitrogens with zero attached hydrogens (tertiary/aromatic N) is 1. The molecule has 1 amide bonds. The number of nitrogens with one attached hydrogen (secondary N) is 1. The fraction of sp³-hybridized carbons (Fsp3) is 0.353. The Balaban J connectivity index is 2.11. The summed E-state index contributed by atoms with van der Waals surface area (Å²) < 4.78 is 0. The van der Waals surface area contributed by atoms with Gasteiger partial charge in [-0.25, -0.2) is 0 Å². The summed E-state index contributed by atoms with van der Waals surface area (Å²) >= 11 is 0. The SMILES string of the molecule is C=CC(=O)N(C)C1CCCc2c1[nH]c1ccc(C)cc21. The Morgan fingerprint density at radius 1 is 1.50 bits per heavy atom. The zero-order valence-corrected chi connectivity index (χ0v) is 12.1. The third-order valence-electron chi connectivity index (χ3n) is 4.32. The van der Waals surface area contributed by atoms with E-state index in [9.17, 15) is 4.79 Å². The first-order chi connectivity index (χ1) is 9.61. The predicted octanol–water partition coefficient (Wildman–Crippen LogP) is 3.50. The van der Waals surface area contributed by atoms with E-state index in [0.717, 1.165) is 19.3 Å². The Labute approximate surface area is 119 Å². The lowest BCUT2D eigenvalue weighted by Gasteiger charge is -2.30. The van der Waals surface area contributed by atoms with E-state index < -0.39 is 0 Å². The van der Waals surface area contributed by atoms with Crippen molar-refractivity contribution in [2.45, 2.75) is 32.2 Å². The fourth-order valence-corrected chi connectivity index (χ4v) is 3.24. The van der Waals surface area contributed by atoms with Gasteiger partial charge in [0.1, 0.15) is 0 Å². The molecule has 0 spiro atoms. The molecule has 0 radical (unpaired) electrons. The minimum absolute atomic E-state index is 0.0160. The van der Waals surface area contributed by atoms with Gasteiger partial charge in [0.2, 0.25) is 5.91 Å². The van der Waals surface area contributed by atoms with Gasteiger partial charge >= 0.3 is 0 Å². The maximum absolute atomic E-state index is 11.9. The minimum Gasteiger partial charge on any atom is -0.356 e. The van der Waals surface area contributed by atoms with Gasteiger partial charge in [-0.3, -0.25) is 4.79 Å². The van der Waals surface area contributed by atoms with E-state index in [0.29, 0.717) is 0 Å².